The van der Waals surface area contributed by atoms with Crippen molar-refractivity contribution in [2.75, 3.05) is 7.11 Å². The van der Waals surface area contributed by atoms with E-state index in [9.17, 15) is 25.2 Å². The molecule has 4 N–H and O–H groups in total. The predicted molar refractivity (Wildman–Crippen MR) is 141 cm³/mol. The normalized spacial score (nSPS) is 16.2. The quantitative estimate of drug-likeness (QED) is 0.222. The fourth-order valence-electron chi connectivity index (χ4n) is 4.70. The lowest BCUT2D eigenvalue weighted by Gasteiger charge is -2.35. The maximum absolute atomic E-state index is 13.5. The van der Waals surface area contributed by atoms with Crippen LogP contribution in [0.3, 0.4) is 0 Å². The second kappa shape index (κ2) is 9.21. The minimum absolute atomic E-state index is 0.167. The molecule has 4 aromatic carbocycles. The molecule has 0 fully saturated rings. The highest BCUT2D eigenvalue weighted by Gasteiger charge is 2.37. The molecule has 196 valence electrons. The van der Waals surface area contributed by atoms with Crippen LogP contribution in [0.4, 0.5) is 0 Å². The van der Waals surface area contributed by atoms with Crippen molar-refractivity contribution in [3.8, 4) is 51.4 Å². The van der Waals surface area contributed by atoms with Crippen molar-refractivity contribution in [3.05, 3.63) is 100 Å². The summed E-state index contributed by atoms with van der Waals surface area (Å²) in [6.45, 7) is 0. The molecule has 9 heteroatoms. The van der Waals surface area contributed by atoms with Crippen LogP contribution >= 0.6 is 0 Å². The van der Waals surface area contributed by atoms with Crippen molar-refractivity contribution in [1.29, 1.82) is 0 Å². The molecule has 0 amide bonds. The molecule has 6 rings (SSSR count). The van der Waals surface area contributed by atoms with Crippen LogP contribution in [0.5, 0.6) is 40.2 Å². The molecule has 0 saturated heterocycles. The molecule has 0 aliphatic carbocycles. The lowest BCUT2D eigenvalue weighted by molar-refractivity contribution is 0.0186. The Hall–Kier alpha value is -5.31. The number of ether oxygens (including phenoxy) is 3. The van der Waals surface area contributed by atoms with Crippen molar-refractivity contribution >= 4 is 11.0 Å². The third-order valence-corrected chi connectivity index (χ3v) is 6.62. The van der Waals surface area contributed by atoms with E-state index in [-0.39, 0.29) is 50.9 Å². The van der Waals surface area contributed by atoms with E-state index < -0.39 is 12.2 Å². The van der Waals surface area contributed by atoms with Gasteiger partial charge in [0, 0.05) is 17.2 Å². The monoisotopic (exact) mass is 526 g/mol. The summed E-state index contributed by atoms with van der Waals surface area (Å²) in [5, 5.41) is 40.4. The Bertz CT molecular complexity index is 1750. The van der Waals surface area contributed by atoms with Gasteiger partial charge in [-0.15, -0.1) is 0 Å². The maximum atomic E-state index is 13.5. The summed E-state index contributed by atoms with van der Waals surface area (Å²) < 4.78 is 23.8. The van der Waals surface area contributed by atoms with Crippen molar-refractivity contribution in [2.45, 2.75) is 12.2 Å². The number of rotatable bonds is 4. The van der Waals surface area contributed by atoms with E-state index in [1.165, 1.54) is 36.6 Å². The maximum Gasteiger partial charge on any atom is 0.205 e. The summed E-state index contributed by atoms with van der Waals surface area (Å²) in [5.41, 5.74) is 1.73. The standard InChI is InChI=1S/C30H22O9/c1-36-20-5-2-15(3-6-20)22-14-37-29-21(26(22)35)7-9-25-30(29)39-27(16-4-8-23(33)24(34)12-16)28(38-25)17-10-18(31)13-19(32)11-17/h2-14,27-28,31-34H,1H3/t27-,28-/m0/s1. The molecule has 1 aromatic heterocycles. The Morgan fingerprint density at radius 2 is 1.46 bits per heavy atom. The van der Waals surface area contributed by atoms with E-state index in [1.54, 1.807) is 49.6 Å². The van der Waals surface area contributed by atoms with Crippen molar-refractivity contribution in [2.24, 2.45) is 0 Å². The fourth-order valence-corrected chi connectivity index (χ4v) is 4.70. The van der Waals surface area contributed by atoms with Crippen LogP contribution in [0.1, 0.15) is 23.3 Å². The molecule has 2 atom stereocenters. The summed E-state index contributed by atoms with van der Waals surface area (Å²) in [4.78, 5) is 13.5. The Morgan fingerprint density at radius 1 is 0.744 bits per heavy atom. The molecule has 1 aliphatic rings. The van der Waals surface area contributed by atoms with E-state index in [0.29, 0.717) is 28.0 Å². The molecule has 0 saturated carbocycles. The molecule has 1 aliphatic heterocycles. The van der Waals surface area contributed by atoms with Crippen molar-refractivity contribution in [1.82, 2.24) is 0 Å². The molecule has 0 spiro atoms. The first kappa shape index (κ1) is 24.1. The van der Waals surface area contributed by atoms with Gasteiger partial charge in [0.25, 0.3) is 0 Å². The van der Waals surface area contributed by atoms with Gasteiger partial charge in [0.2, 0.25) is 11.2 Å². The van der Waals surface area contributed by atoms with Crippen LogP contribution in [0.15, 0.2) is 88.3 Å². The molecule has 9 nitrogen and oxygen atoms in total. The number of hydrogen-bond acceptors (Lipinski definition) is 9. The molecule has 0 bridgehead atoms. The third kappa shape index (κ3) is 4.19. The van der Waals surface area contributed by atoms with Gasteiger partial charge in [0.1, 0.15) is 23.5 Å². The molecule has 39 heavy (non-hydrogen) atoms. The molecular weight excluding hydrogens is 504 g/mol. The minimum Gasteiger partial charge on any atom is -0.508 e. The first-order chi connectivity index (χ1) is 18.8. The van der Waals surface area contributed by atoms with E-state index >= 15 is 0 Å². The lowest BCUT2D eigenvalue weighted by Crippen LogP contribution is -2.27. The Labute approximate surface area is 221 Å². The van der Waals surface area contributed by atoms with E-state index in [4.69, 9.17) is 18.6 Å². The third-order valence-electron chi connectivity index (χ3n) is 6.62. The van der Waals surface area contributed by atoms with Crippen LogP contribution < -0.4 is 19.6 Å². The van der Waals surface area contributed by atoms with Crippen molar-refractivity contribution in [3.63, 3.8) is 0 Å². The van der Waals surface area contributed by atoms with Gasteiger partial charge in [-0.25, -0.2) is 0 Å². The van der Waals surface area contributed by atoms with Gasteiger partial charge in [0.05, 0.1) is 18.1 Å². The number of fused-ring (bicyclic) bond motifs is 3. The van der Waals surface area contributed by atoms with Gasteiger partial charge >= 0.3 is 0 Å². The van der Waals surface area contributed by atoms with Crippen LogP contribution in [0, 0.1) is 0 Å². The van der Waals surface area contributed by atoms with Gasteiger partial charge in [-0.05, 0) is 54.1 Å². The SMILES string of the molecule is COc1ccc(-c2coc3c4c(ccc3c2=O)O[C@@H](c2cc(O)cc(O)c2)[C@H](c2ccc(O)c(O)c2)O4)cc1. The van der Waals surface area contributed by atoms with Gasteiger partial charge in [0.15, 0.2) is 35.0 Å². The Morgan fingerprint density at radius 3 is 2.15 bits per heavy atom. The van der Waals surface area contributed by atoms with E-state index in [1.807, 2.05) is 0 Å². The smallest absolute Gasteiger partial charge is 0.205 e. The lowest BCUT2D eigenvalue weighted by atomic mass is 9.95. The van der Waals surface area contributed by atoms with Gasteiger partial charge in [-0.2, -0.15) is 0 Å². The summed E-state index contributed by atoms with van der Waals surface area (Å²) in [6.07, 6.45) is -0.457. The Balaban J connectivity index is 1.49. The van der Waals surface area contributed by atoms with Crippen molar-refractivity contribution < 1.29 is 39.1 Å². The van der Waals surface area contributed by atoms with Crippen LogP contribution in [-0.4, -0.2) is 27.5 Å². The van der Waals surface area contributed by atoms with Gasteiger partial charge in [-0.1, -0.05) is 18.2 Å². The molecule has 5 aromatic rings. The number of hydrogen-bond donors (Lipinski definition) is 4. The van der Waals surface area contributed by atoms with Gasteiger partial charge in [-0.3, -0.25) is 4.79 Å². The average Bonchev–Trinajstić information content (AvgIpc) is 2.93. The topological polar surface area (TPSA) is 139 Å². The van der Waals surface area contributed by atoms with E-state index in [2.05, 4.69) is 0 Å². The van der Waals surface area contributed by atoms with Crippen LogP contribution in [0.2, 0.25) is 0 Å². The second-order valence-electron chi connectivity index (χ2n) is 9.08. The zero-order valence-electron chi connectivity index (χ0n) is 20.5. The number of aromatic hydroxyl groups is 4. The highest BCUT2D eigenvalue weighted by atomic mass is 16.6. The molecule has 0 radical (unpaired) electrons. The number of methoxy groups -OCH3 is 1. The fraction of sp³-hybridized carbons (Fsp3) is 0.100. The minimum atomic E-state index is -0.928. The number of benzene rings is 4. The highest BCUT2D eigenvalue weighted by Crippen LogP contribution is 2.50. The van der Waals surface area contributed by atoms with Crippen LogP contribution in [0.25, 0.3) is 22.1 Å². The zero-order chi connectivity index (χ0) is 27.3. The largest absolute Gasteiger partial charge is 0.508 e. The predicted octanol–water partition coefficient (Wildman–Crippen LogP) is 5.54. The Kier molecular flexibility index (Phi) is 5.68. The summed E-state index contributed by atoms with van der Waals surface area (Å²) in [6, 6.07) is 18.4. The summed E-state index contributed by atoms with van der Waals surface area (Å²) >= 11 is 0. The summed E-state index contributed by atoms with van der Waals surface area (Å²) in [7, 11) is 1.56. The highest BCUT2D eigenvalue weighted by molar-refractivity contribution is 5.88. The first-order valence-electron chi connectivity index (χ1n) is 11.9. The first-order valence-corrected chi connectivity index (χ1v) is 11.9. The molecule has 0 unspecified atom stereocenters. The molecular formula is C30H22O9. The van der Waals surface area contributed by atoms with E-state index in [0.717, 1.165) is 0 Å². The second-order valence-corrected chi connectivity index (χ2v) is 9.08. The summed E-state index contributed by atoms with van der Waals surface area (Å²) in [5.74, 6) is 0.0610. The average molecular weight is 526 g/mol. The zero-order valence-corrected chi connectivity index (χ0v) is 20.5. The van der Waals surface area contributed by atoms with Crippen LogP contribution in [-0.2, 0) is 0 Å². The molecule has 2 heterocycles. The number of phenolic OH excluding ortho intramolecular Hbond substituents is 4. The number of phenols is 4. The van der Waals surface area contributed by atoms with Gasteiger partial charge < -0.3 is 39.1 Å².